The van der Waals surface area contributed by atoms with Crippen LogP contribution in [0.25, 0.3) is 0 Å². The Morgan fingerprint density at radius 2 is 1.25 bits per heavy atom. The van der Waals surface area contributed by atoms with Crippen LogP contribution in [0.2, 0.25) is 0 Å². The van der Waals surface area contributed by atoms with Crippen molar-refractivity contribution in [2.75, 3.05) is 6.54 Å². The molecule has 1 amide bonds. The molecular formula is C19H30B2NO6. The first-order chi connectivity index (χ1) is 13.5. The summed E-state index contributed by atoms with van der Waals surface area (Å²) in [5, 5.41) is 39.8. The van der Waals surface area contributed by atoms with Gasteiger partial charge in [-0.2, -0.15) is 0 Å². The summed E-state index contributed by atoms with van der Waals surface area (Å²) < 4.78 is 0. The summed E-state index contributed by atoms with van der Waals surface area (Å²) in [6.07, 6.45) is 12.1. The lowest BCUT2D eigenvalue weighted by Crippen LogP contribution is -2.40. The van der Waals surface area contributed by atoms with Gasteiger partial charge in [0.1, 0.15) is 0 Å². The minimum Gasteiger partial charge on any atom is -0.423 e. The molecule has 1 rings (SSSR count). The van der Waals surface area contributed by atoms with E-state index in [1.807, 2.05) is 6.29 Å². The monoisotopic (exact) mass is 390 g/mol. The molecule has 28 heavy (non-hydrogen) atoms. The molecule has 153 valence electrons. The van der Waals surface area contributed by atoms with E-state index in [9.17, 15) is 29.7 Å². The van der Waals surface area contributed by atoms with E-state index in [-0.39, 0.29) is 16.5 Å². The number of carbonyl (C=O) groups excluding carboxylic acids is 2. The zero-order valence-corrected chi connectivity index (χ0v) is 16.3. The van der Waals surface area contributed by atoms with Crippen molar-refractivity contribution in [2.45, 2.75) is 64.2 Å². The fourth-order valence-corrected chi connectivity index (χ4v) is 2.97. The quantitative estimate of drug-likeness (QED) is 0.208. The number of benzene rings is 1. The molecule has 0 atom stereocenters. The SMILES string of the molecule is O=[C]CCCCCCCCCCCNC(=O)c1cc(B(O)O)cc(B(O)O)c1. The minimum absolute atomic E-state index is 0.0278. The van der Waals surface area contributed by atoms with E-state index in [0.717, 1.165) is 44.9 Å². The van der Waals surface area contributed by atoms with Crippen molar-refractivity contribution in [3.05, 3.63) is 23.8 Å². The van der Waals surface area contributed by atoms with Crippen molar-refractivity contribution in [2.24, 2.45) is 0 Å². The van der Waals surface area contributed by atoms with Crippen LogP contribution in [0.5, 0.6) is 0 Å². The fraction of sp³-hybridized carbons (Fsp3) is 0.579. The molecule has 0 heterocycles. The van der Waals surface area contributed by atoms with Gasteiger partial charge in [-0.15, -0.1) is 0 Å². The smallest absolute Gasteiger partial charge is 0.423 e. The molecule has 0 aliphatic heterocycles. The van der Waals surface area contributed by atoms with E-state index in [4.69, 9.17) is 0 Å². The third kappa shape index (κ3) is 10.0. The van der Waals surface area contributed by atoms with Gasteiger partial charge < -0.3 is 25.4 Å². The molecule has 0 aliphatic rings. The normalized spacial score (nSPS) is 10.6. The molecule has 0 fully saturated rings. The van der Waals surface area contributed by atoms with Crippen LogP contribution in [0.3, 0.4) is 0 Å². The van der Waals surface area contributed by atoms with Crippen molar-refractivity contribution in [1.29, 1.82) is 0 Å². The molecule has 0 aliphatic carbocycles. The number of unbranched alkanes of at least 4 members (excludes halogenated alkanes) is 9. The van der Waals surface area contributed by atoms with E-state index in [1.54, 1.807) is 0 Å². The van der Waals surface area contributed by atoms with Gasteiger partial charge in [-0.05, 0) is 35.9 Å². The van der Waals surface area contributed by atoms with Crippen molar-refractivity contribution < 1.29 is 29.7 Å². The fourth-order valence-electron chi connectivity index (χ4n) is 2.97. The molecule has 0 spiro atoms. The number of hydrogen-bond acceptors (Lipinski definition) is 6. The number of nitrogens with one attached hydrogen (secondary N) is 1. The zero-order chi connectivity index (χ0) is 20.8. The van der Waals surface area contributed by atoms with E-state index < -0.39 is 20.1 Å². The van der Waals surface area contributed by atoms with Gasteiger partial charge in [-0.1, -0.05) is 51.0 Å². The van der Waals surface area contributed by atoms with Gasteiger partial charge in [0.15, 0.2) is 6.29 Å². The third-order valence-electron chi connectivity index (χ3n) is 4.58. The molecule has 5 N–H and O–H groups in total. The Bertz CT molecular complexity index is 572. The van der Waals surface area contributed by atoms with Crippen LogP contribution < -0.4 is 16.2 Å². The van der Waals surface area contributed by atoms with Crippen molar-refractivity contribution in [1.82, 2.24) is 5.32 Å². The summed E-state index contributed by atoms with van der Waals surface area (Å²) in [4.78, 5) is 22.3. The van der Waals surface area contributed by atoms with E-state index in [2.05, 4.69) is 5.32 Å². The molecule has 1 radical (unpaired) electrons. The minimum atomic E-state index is -1.80. The lowest BCUT2D eigenvalue weighted by molar-refractivity contribution is 0.0953. The van der Waals surface area contributed by atoms with Crippen LogP contribution in [0.4, 0.5) is 0 Å². The Balaban J connectivity index is 2.22. The Labute approximate surface area is 167 Å². The topological polar surface area (TPSA) is 127 Å². The van der Waals surface area contributed by atoms with Crippen LogP contribution in [0.15, 0.2) is 18.2 Å². The van der Waals surface area contributed by atoms with Gasteiger partial charge in [0.2, 0.25) is 0 Å². The molecule has 0 unspecified atom stereocenters. The number of amides is 1. The Morgan fingerprint density at radius 3 is 1.71 bits per heavy atom. The predicted molar refractivity (Wildman–Crippen MR) is 110 cm³/mol. The molecule has 0 aromatic heterocycles. The van der Waals surface area contributed by atoms with E-state index in [0.29, 0.717) is 13.0 Å². The van der Waals surface area contributed by atoms with Crippen LogP contribution in [-0.2, 0) is 4.79 Å². The van der Waals surface area contributed by atoms with Crippen molar-refractivity contribution in [3.63, 3.8) is 0 Å². The third-order valence-corrected chi connectivity index (χ3v) is 4.58. The van der Waals surface area contributed by atoms with Crippen LogP contribution in [-0.4, -0.2) is 53.1 Å². The summed E-state index contributed by atoms with van der Waals surface area (Å²) in [6, 6.07) is 3.87. The second-order valence-electron chi connectivity index (χ2n) is 6.97. The molecular weight excluding hydrogens is 360 g/mol. The molecule has 1 aromatic carbocycles. The maximum atomic E-state index is 12.2. The van der Waals surface area contributed by atoms with Gasteiger partial charge in [0.05, 0.1) is 0 Å². The summed E-state index contributed by atoms with van der Waals surface area (Å²) in [7, 11) is -3.60. The number of rotatable bonds is 15. The molecule has 0 saturated carbocycles. The first-order valence-corrected chi connectivity index (χ1v) is 9.96. The predicted octanol–water partition coefficient (Wildman–Crippen LogP) is -0.213. The van der Waals surface area contributed by atoms with Crippen LogP contribution in [0.1, 0.15) is 74.6 Å². The van der Waals surface area contributed by atoms with Crippen molar-refractivity contribution >= 4 is 37.4 Å². The maximum Gasteiger partial charge on any atom is 0.488 e. The molecule has 0 bridgehead atoms. The first-order valence-electron chi connectivity index (χ1n) is 9.96. The number of hydrogen-bond donors (Lipinski definition) is 5. The van der Waals surface area contributed by atoms with Gasteiger partial charge in [0.25, 0.3) is 5.91 Å². The van der Waals surface area contributed by atoms with E-state index in [1.165, 1.54) is 31.0 Å². The zero-order valence-electron chi connectivity index (χ0n) is 16.3. The first kappa shape index (κ1) is 24.4. The molecule has 7 nitrogen and oxygen atoms in total. The van der Waals surface area contributed by atoms with Crippen LogP contribution in [0, 0.1) is 0 Å². The highest BCUT2D eigenvalue weighted by Crippen LogP contribution is 2.10. The highest BCUT2D eigenvalue weighted by atomic mass is 16.4. The van der Waals surface area contributed by atoms with Crippen LogP contribution >= 0.6 is 0 Å². The highest BCUT2D eigenvalue weighted by Gasteiger charge is 2.20. The Hall–Kier alpha value is -1.67. The lowest BCUT2D eigenvalue weighted by Gasteiger charge is -2.10. The Morgan fingerprint density at radius 1 is 0.786 bits per heavy atom. The highest BCUT2D eigenvalue weighted by molar-refractivity contribution is 6.62. The average molecular weight is 390 g/mol. The van der Waals surface area contributed by atoms with Crippen molar-refractivity contribution in [3.8, 4) is 0 Å². The lowest BCUT2D eigenvalue weighted by atomic mass is 9.72. The maximum absolute atomic E-state index is 12.2. The summed E-state index contributed by atoms with van der Waals surface area (Å²) in [5.74, 6) is -0.392. The number of carbonyl (C=O) groups is 1. The summed E-state index contributed by atoms with van der Waals surface area (Å²) in [5.41, 5.74) is 0.209. The van der Waals surface area contributed by atoms with Gasteiger partial charge in [0, 0.05) is 18.5 Å². The Kier molecular flexibility index (Phi) is 12.5. The largest absolute Gasteiger partial charge is 0.488 e. The molecule has 9 heteroatoms. The second-order valence-corrected chi connectivity index (χ2v) is 6.97. The summed E-state index contributed by atoms with van der Waals surface area (Å²) >= 11 is 0. The summed E-state index contributed by atoms with van der Waals surface area (Å²) in [6.45, 7) is 0.504. The van der Waals surface area contributed by atoms with Gasteiger partial charge in [-0.25, -0.2) is 0 Å². The average Bonchev–Trinajstić information content (AvgIpc) is 2.68. The van der Waals surface area contributed by atoms with Gasteiger partial charge >= 0.3 is 14.2 Å². The van der Waals surface area contributed by atoms with Gasteiger partial charge in [-0.3, -0.25) is 9.59 Å². The standard InChI is InChI=1S/C19H30B2NO6/c23-12-10-8-6-4-2-1-3-5-7-9-11-22-19(24)16-13-17(20(25)26)15-18(14-16)21(27)28/h13-15,25-28H,1-11H2,(H,22,24). The molecule has 0 saturated heterocycles. The second kappa shape index (κ2) is 14.3. The van der Waals surface area contributed by atoms with E-state index >= 15 is 0 Å². The molecule has 1 aromatic rings.